The van der Waals surface area contributed by atoms with Crippen LogP contribution in [-0.2, 0) is 27.7 Å². The molecule has 5 heteroatoms. The molecule has 0 unspecified atom stereocenters. The second kappa shape index (κ2) is 6.75. The van der Waals surface area contributed by atoms with Gasteiger partial charge >= 0.3 is 10.1 Å². The highest BCUT2D eigenvalue weighted by Crippen LogP contribution is 2.23. The van der Waals surface area contributed by atoms with E-state index in [2.05, 4.69) is 0 Å². The summed E-state index contributed by atoms with van der Waals surface area (Å²) in [6, 6.07) is 5.72. The third kappa shape index (κ3) is 5.06. The molecule has 0 radical (unpaired) electrons. The van der Waals surface area contributed by atoms with E-state index in [9.17, 15) is 8.42 Å². The van der Waals surface area contributed by atoms with Gasteiger partial charge in [-0.2, -0.15) is 8.42 Å². The summed E-state index contributed by atoms with van der Waals surface area (Å²) in [4.78, 5) is 0. The molecule has 1 aromatic carbocycles. The Labute approximate surface area is 109 Å². The van der Waals surface area contributed by atoms with Gasteiger partial charge in [0.1, 0.15) is 5.75 Å². The number of benzene rings is 1. The molecule has 0 bridgehead atoms. The molecule has 1 aromatic rings. The van der Waals surface area contributed by atoms with Crippen LogP contribution >= 0.6 is 0 Å². The van der Waals surface area contributed by atoms with Gasteiger partial charge in [-0.15, -0.1) is 0 Å². The van der Waals surface area contributed by atoms with Gasteiger partial charge in [-0.25, -0.2) is 0 Å². The molecule has 0 heterocycles. The van der Waals surface area contributed by atoms with E-state index >= 15 is 0 Å². The van der Waals surface area contributed by atoms with E-state index in [1.165, 1.54) is 0 Å². The average molecular weight is 272 g/mol. The SMILES string of the molecule is CCc1ccc(CCCOC)c(OS(C)(=O)=O)c1. The van der Waals surface area contributed by atoms with Crippen molar-refractivity contribution in [3.63, 3.8) is 0 Å². The van der Waals surface area contributed by atoms with Crippen molar-refractivity contribution >= 4 is 10.1 Å². The minimum absolute atomic E-state index is 0.438. The van der Waals surface area contributed by atoms with Crippen LogP contribution in [0.1, 0.15) is 24.5 Å². The Morgan fingerprint density at radius 1 is 1.28 bits per heavy atom. The average Bonchev–Trinajstić information content (AvgIpc) is 2.29. The van der Waals surface area contributed by atoms with Crippen LogP contribution in [0.2, 0.25) is 0 Å². The van der Waals surface area contributed by atoms with Crippen LogP contribution in [0.5, 0.6) is 5.75 Å². The topological polar surface area (TPSA) is 52.6 Å². The van der Waals surface area contributed by atoms with E-state index in [0.717, 1.165) is 36.6 Å². The smallest absolute Gasteiger partial charge is 0.306 e. The summed E-state index contributed by atoms with van der Waals surface area (Å²) in [6.45, 7) is 2.66. The first-order valence-corrected chi connectivity index (χ1v) is 7.78. The maximum atomic E-state index is 11.2. The van der Waals surface area contributed by atoms with Gasteiger partial charge in [-0.1, -0.05) is 19.1 Å². The highest BCUT2D eigenvalue weighted by molar-refractivity contribution is 7.86. The highest BCUT2D eigenvalue weighted by Gasteiger charge is 2.10. The molecule has 0 amide bonds. The molecule has 0 N–H and O–H groups in total. The van der Waals surface area contributed by atoms with Gasteiger partial charge < -0.3 is 8.92 Å². The van der Waals surface area contributed by atoms with Crippen molar-refractivity contribution in [3.05, 3.63) is 29.3 Å². The van der Waals surface area contributed by atoms with Crippen molar-refractivity contribution in [1.82, 2.24) is 0 Å². The zero-order valence-corrected chi connectivity index (χ0v) is 11.9. The van der Waals surface area contributed by atoms with Crippen LogP contribution < -0.4 is 4.18 Å². The lowest BCUT2D eigenvalue weighted by atomic mass is 10.0. The molecule has 0 saturated carbocycles. The lowest BCUT2D eigenvalue weighted by molar-refractivity contribution is 0.195. The van der Waals surface area contributed by atoms with Crippen LogP contribution in [-0.4, -0.2) is 28.4 Å². The molecule has 1 rings (SSSR count). The van der Waals surface area contributed by atoms with Gasteiger partial charge in [-0.05, 0) is 36.5 Å². The first kappa shape index (κ1) is 15.0. The van der Waals surface area contributed by atoms with E-state index in [-0.39, 0.29) is 0 Å². The summed E-state index contributed by atoms with van der Waals surface area (Å²) in [6.07, 6.45) is 3.48. The van der Waals surface area contributed by atoms with Crippen molar-refractivity contribution in [2.75, 3.05) is 20.0 Å². The number of aryl methyl sites for hydroxylation is 2. The normalized spacial score (nSPS) is 11.5. The highest BCUT2D eigenvalue weighted by atomic mass is 32.2. The first-order chi connectivity index (χ1) is 8.46. The number of rotatable bonds is 7. The lowest BCUT2D eigenvalue weighted by Gasteiger charge is -2.11. The second-order valence-electron chi connectivity index (χ2n) is 4.18. The maximum Gasteiger partial charge on any atom is 0.306 e. The Morgan fingerprint density at radius 2 is 2.00 bits per heavy atom. The standard InChI is InChI=1S/C13H20O4S/c1-4-11-7-8-12(6-5-9-16-2)13(10-11)17-18(3,14)15/h7-8,10H,4-6,9H2,1-3H3. The summed E-state index contributed by atoms with van der Waals surface area (Å²) >= 11 is 0. The number of ether oxygens (including phenoxy) is 1. The Hall–Kier alpha value is -1.07. The maximum absolute atomic E-state index is 11.2. The Balaban J connectivity index is 2.93. The van der Waals surface area contributed by atoms with Crippen molar-refractivity contribution < 1.29 is 17.3 Å². The predicted octanol–water partition coefficient (Wildman–Crippen LogP) is 2.17. The van der Waals surface area contributed by atoms with Crippen LogP contribution in [0.25, 0.3) is 0 Å². The van der Waals surface area contributed by atoms with Crippen molar-refractivity contribution in [2.24, 2.45) is 0 Å². The molecule has 102 valence electrons. The van der Waals surface area contributed by atoms with Gasteiger partial charge in [0, 0.05) is 13.7 Å². The largest absolute Gasteiger partial charge is 0.385 e. The molecular weight excluding hydrogens is 252 g/mol. The van der Waals surface area contributed by atoms with Crippen molar-refractivity contribution in [2.45, 2.75) is 26.2 Å². The summed E-state index contributed by atoms with van der Waals surface area (Å²) in [7, 11) is -1.84. The van der Waals surface area contributed by atoms with Crippen LogP contribution in [0, 0.1) is 0 Å². The summed E-state index contributed by atoms with van der Waals surface area (Å²) in [5.74, 6) is 0.438. The van der Waals surface area contributed by atoms with Gasteiger partial charge in [0.15, 0.2) is 0 Å². The zero-order valence-electron chi connectivity index (χ0n) is 11.1. The number of methoxy groups -OCH3 is 1. The van der Waals surface area contributed by atoms with Crippen LogP contribution in [0.3, 0.4) is 0 Å². The number of hydrogen-bond acceptors (Lipinski definition) is 4. The molecule has 0 saturated heterocycles. The van der Waals surface area contributed by atoms with Gasteiger partial charge in [0.25, 0.3) is 0 Å². The summed E-state index contributed by atoms with van der Waals surface area (Å²) in [5, 5.41) is 0. The Bertz CT molecular complexity index is 480. The molecule has 0 aliphatic rings. The molecule has 0 atom stereocenters. The molecule has 0 aliphatic heterocycles. The third-order valence-electron chi connectivity index (χ3n) is 2.58. The summed E-state index contributed by atoms with van der Waals surface area (Å²) in [5.41, 5.74) is 1.96. The molecule has 0 spiro atoms. The Kier molecular flexibility index (Phi) is 5.62. The monoisotopic (exact) mass is 272 g/mol. The minimum Gasteiger partial charge on any atom is -0.385 e. The van der Waals surface area contributed by atoms with Gasteiger partial charge in [0.2, 0.25) is 0 Å². The van der Waals surface area contributed by atoms with Crippen LogP contribution in [0.15, 0.2) is 18.2 Å². The van der Waals surface area contributed by atoms with Gasteiger partial charge in [-0.3, -0.25) is 0 Å². The van der Waals surface area contributed by atoms with E-state index in [1.807, 2.05) is 19.1 Å². The fraction of sp³-hybridized carbons (Fsp3) is 0.538. The summed E-state index contributed by atoms with van der Waals surface area (Å²) < 4.78 is 32.5. The molecular formula is C13H20O4S. The number of hydrogen-bond donors (Lipinski definition) is 0. The first-order valence-electron chi connectivity index (χ1n) is 5.96. The van der Waals surface area contributed by atoms with Crippen LogP contribution in [0.4, 0.5) is 0 Å². The zero-order chi connectivity index (χ0) is 13.6. The molecule has 0 aromatic heterocycles. The molecule has 18 heavy (non-hydrogen) atoms. The fourth-order valence-corrected chi connectivity index (χ4v) is 2.15. The third-order valence-corrected chi connectivity index (χ3v) is 3.06. The fourth-order valence-electron chi connectivity index (χ4n) is 1.67. The van der Waals surface area contributed by atoms with E-state index in [4.69, 9.17) is 8.92 Å². The Morgan fingerprint density at radius 3 is 2.56 bits per heavy atom. The quantitative estimate of drug-likeness (QED) is 0.564. The van der Waals surface area contributed by atoms with Crippen molar-refractivity contribution in [3.8, 4) is 5.75 Å². The van der Waals surface area contributed by atoms with Gasteiger partial charge in [0.05, 0.1) is 6.26 Å². The molecule has 0 fully saturated rings. The minimum atomic E-state index is -3.49. The molecule has 0 aliphatic carbocycles. The predicted molar refractivity (Wildman–Crippen MR) is 71.5 cm³/mol. The van der Waals surface area contributed by atoms with E-state index < -0.39 is 10.1 Å². The van der Waals surface area contributed by atoms with Crippen molar-refractivity contribution in [1.29, 1.82) is 0 Å². The lowest BCUT2D eigenvalue weighted by Crippen LogP contribution is -2.08. The van der Waals surface area contributed by atoms with E-state index in [1.54, 1.807) is 13.2 Å². The van der Waals surface area contributed by atoms with E-state index in [0.29, 0.717) is 12.4 Å². The molecule has 4 nitrogen and oxygen atoms in total. The second-order valence-corrected chi connectivity index (χ2v) is 5.75.